The zero-order chi connectivity index (χ0) is 22.8. The van der Waals surface area contributed by atoms with Crippen molar-refractivity contribution in [3.63, 3.8) is 0 Å². The van der Waals surface area contributed by atoms with Crippen molar-refractivity contribution >= 4 is 12.0 Å². The number of hydrazine groups is 1. The normalized spacial score (nSPS) is 22.0. The molecule has 1 fully saturated rings. The average molecular weight is 425 g/mol. The molecule has 0 spiro atoms. The number of aliphatic hydroxyl groups is 1. The Bertz CT molecular complexity index is 895. The second-order valence-corrected chi connectivity index (χ2v) is 9.29. The molecule has 0 unspecified atom stereocenters. The molecule has 2 aromatic carbocycles. The molecule has 1 heterocycles. The number of hydrogen-bond donors (Lipinski definition) is 1. The van der Waals surface area contributed by atoms with Crippen molar-refractivity contribution in [3.8, 4) is 0 Å². The number of carbonyl (C=O) groups excluding carboxylic acids is 2. The number of rotatable bonds is 5. The van der Waals surface area contributed by atoms with Gasteiger partial charge in [0.1, 0.15) is 6.10 Å². The maximum atomic E-state index is 13.4. The lowest BCUT2D eigenvalue weighted by Crippen LogP contribution is -2.61. The summed E-state index contributed by atoms with van der Waals surface area (Å²) in [4.78, 5) is 26.5. The molecule has 31 heavy (non-hydrogen) atoms. The molecule has 1 aliphatic rings. The summed E-state index contributed by atoms with van der Waals surface area (Å²) < 4.78 is 5.74. The SMILES string of the molecule is C[C@H](C(=O)N1C(=O)O[C@H](c2ccccc2)[C@H](C)N1Cc1ccccc1)[C@H](O)C(C)(C)C. The number of ether oxygens (including phenoxy) is 1. The standard InChI is InChI=1S/C25H32N2O4/c1-17(22(28)25(3,4)5)23(29)27-24(30)31-21(20-14-10-7-11-15-20)18(2)26(27)16-19-12-8-6-9-13-19/h6-15,17-18,21-22,28H,16H2,1-5H3/t17-,18-,21-,22-/m0/s1. The number of imide groups is 1. The lowest BCUT2D eigenvalue weighted by molar-refractivity contribution is -0.178. The minimum Gasteiger partial charge on any atom is -0.438 e. The maximum Gasteiger partial charge on any atom is 0.432 e. The van der Waals surface area contributed by atoms with Gasteiger partial charge in [-0.25, -0.2) is 4.79 Å². The van der Waals surface area contributed by atoms with Crippen molar-refractivity contribution in [1.29, 1.82) is 0 Å². The lowest BCUT2D eigenvalue weighted by Gasteiger charge is -2.46. The van der Waals surface area contributed by atoms with Gasteiger partial charge in [0.2, 0.25) is 0 Å². The van der Waals surface area contributed by atoms with Crippen molar-refractivity contribution in [2.75, 3.05) is 0 Å². The highest BCUT2D eigenvalue weighted by molar-refractivity contribution is 5.93. The van der Waals surface area contributed by atoms with E-state index in [9.17, 15) is 14.7 Å². The zero-order valence-corrected chi connectivity index (χ0v) is 18.9. The van der Waals surface area contributed by atoms with Gasteiger partial charge < -0.3 is 9.84 Å². The molecule has 1 N–H and O–H groups in total. The summed E-state index contributed by atoms with van der Waals surface area (Å²) in [6.07, 6.45) is -2.14. The molecule has 4 atom stereocenters. The van der Waals surface area contributed by atoms with Crippen LogP contribution in [-0.2, 0) is 16.1 Å². The summed E-state index contributed by atoms with van der Waals surface area (Å²) in [5, 5.41) is 13.5. The van der Waals surface area contributed by atoms with Crippen LogP contribution in [0.15, 0.2) is 60.7 Å². The van der Waals surface area contributed by atoms with Gasteiger partial charge in [-0.2, -0.15) is 10.0 Å². The summed E-state index contributed by atoms with van der Waals surface area (Å²) in [6.45, 7) is 9.56. The molecule has 2 amide bonds. The molecular weight excluding hydrogens is 392 g/mol. The molecular formula is C25H32N2O4. The molecule has 6 nitrogen and oxygen atoms in total. The molecule has 0 aliphatic carbocycles. The highest BCUT2D eigenvalue weighted by atomic mass is 16.6. The van der Waals surface area contributed by atoms with Gasteiger partial charge in [0.05, 0.1) is 18.1 Å². The predicted octanol–water partition coefficient (Wildman–Crippen LogP) is 4.56. The molecule has 1 saturated heterocycles. The van der Waals surface area contributed by atoms with Crippen LogP contribution in [0.5, 0.6) is 0 Å². The molecule has 0 bridgehead atoms. The van der Waals surface area contributed by atoms with Crippen LogP contribution in [0.25, 0.3) is 0 Å². The first-order valence-corrected chi connectivity index (χ1v) is 10.7. The van der Waals surface area contributed by atoms with Gasteiger partial charge in [-0.1, -0.05) is 88.4 Å². The molecule has 166 valence electrons. The first kappa shape index (κ1) is 23.0. The quantitative estimate of drug-likeness (QED) is 0.762. The van der Waals surface area contributed by atoms with Crippen molar-refractivity contribution in [1.82, 2.24) is 10.0 Å². The highest BCUT2D eigenvalue weighted by Gasteiger charge is 2.46. The van der Waals surface area contributed by atoms with E-state index < -0.39 is 35.5 Å². The topological polar surface area (TPSA) is 70.1 Å². The van der Waals surface area contributed by atoms with Crippen LogP contribution < -0.4 is 0 Å². The average Bonchev–Trinajstić information content (AvgIpc) is 2.75. The van der Waals surface area contributed by atoms with E-state index in [1.807, 2.05) is 88.4 Å². The number of hydrogen-bond acceptors (Lipinski definition) is 5. The van der Waals surface area contributed by atoms with Crippen LogP contribution in [0.1, 0.15) is 51.8 Å². The number of nitrogens with zero attached hydrogens (tertiary/aromatic N) is 2. The van der Waals surface area contributed by atoms with Gasteiger partial charge >= 0.3 is 6.09 Å². The van der Waals surface area contributed by atoms with Crippen LogP contribution in [-0.4, -0.2) is 39.3 Å². The van der Waals surface area contributed by atoms with Crippen molar-refractivity contribution in [3.05, 3.63) is 71.8 Å². The highest BCUT2D eigenvalue weighted by Crippen LogP contribution is 2.35. The third-order valence-electron chi connectivity index (χ3n) is 5.84. The number of amides is 2. The Kier molecular flexibility index (Phi) is 6.82. The monoisotopic (exact) mass is 424 g/mol. The molecule has 0 saturated carbocycles. The van der Waals surface area contributed by atoms with Crippen LogP contribution in [0.2, 0.25) is 0 Å². The first-order chi connectivity index (χ1) is 14.6. The summed E-state index contributed by atoms with van der Waals surface area (Å²) in [7, 11) is 0. The summed E-state index contributed by atoms with van der Waals surface area (Å²) in [6, 6.07) is 18.9. The molecule has 2 aromatic rings. The number of aliphatic hydroxyl groups excluding tert-OH is 1. The Morgan fingerprint density at radius 3 is 2.16 bits per heavy atom. The molecule has 0 radical (unpaired) electrons. The lowest BCUT2D eigenvalue weighted by atomic mass is 9.81. The number of cyclic esters (lactones) is 1. The van der Waals surface area contributed by atoms with E-state index in [2.05, 4.69) is 0 Å². The smallest absolute Gasteiger partial charge is 0.432 e. The van der Waals surface area contributed by atoms with Gasteiger partial charge in [-0.3, -0.25) is 4.79 Å². The second-order valence-electron chi connectivity index (χ2n) is 9.29. The predicted molar refractivity (Wildman–Crippen MR) is 119 cm³/mol. The van der Waals surface area contributed by atoms with Gasteiger partial charge in [-0.15, -0.1) is 0 Å². The van der Waals surface area contributed by atoms with E-state index in [1.165, 1.54) is 0 Å². The molecule has 1 aliphatic heterocycles. The van der Waals surface area contributed by atoms with Crippen molar-refractivity contribution in [2.45, 2.75) is 59.4 Å². The molecule has 0 aromatic heterocycles. The van der Waals surface area contributed by atoms with E-state index in [-0.39, 0.29) is 6.04 Å². The Hall–Kier alpha value is -2.70. The molecule has 6 heteroatoms. The van der Waals surface area contributed by atoms with E-state index in [0.29, 0.717) is 6.54 Å². The van der Waals surface area contributed by atoms with Gasteiger partial charge in [0, 0.05) is 6.54 Å². The fourth-order valence-electron chi connectivity index (χ4n) is 3.97. The first-order valence-electron chi connectivity index (χ1n) is 10.7. The Morgan fingerprint density at radius 1 is 1.06 bits per heavy atom. The number of benzene rings is 2. The van der Waals surface area contributed by atoms with E-state index in [1.54, 1.807) is 11.9 Å². The fraction of sp³-hybridized carbons (Fsp3) is 0.440. The summed E-state index contributed by atoms with van der Waals surface area (Å²) in [5.41, 5.74) is 1.34. The van der Waals surface area contributed by atoms with Crippen LogP contribution in [0, 0.1) is 11.3 Å². The maximum absolute atomic E-state index is 13.4. The zero-order valence-electron chi connectivity index (χ0n) is 18.9. The Labute approximate surface area is 184 Å². The third-order valence-corrected chi connectivity index (χ3v) is 5.84. The van der Waals surface area contributed by atoms with Gasteiger partial charge in [0.15, 0.2) is 0 Å². The third kappa shape index (κ3) is 4.97. The number of carbonyl (C=O) groups is 2. The fourth-order valence-corrected chi connectivity index (χ4v) is 3.97. The minimum absolute atomic E-state index is 0.289. The Morgan fingerprint density at radius 2 is 1.61 bits per heavy atom. The summed E-state index contributed by atoms with van der Waals surface area (Å²) in [5.74, 6) is -1.24. The van der Waals surface area contributed by atoms with E-state index in [4.69, 9.17) is 4.74 Å². The molecule has 3 rings (SSSR count). The van der Waals surface area contributed by atoms with Crippen LogP contribution in [0.4, 0.5) is 4.79 Å². The van der Waals surface area contributed by atoms with E-state index in [0.717, 1.165) is 16.1 Å². The largest absolute Gasteiger partial charge is 0.438 e. The minimum atomic E-state index is -0.909. The van der Waals surface area contributed by atoms with Crippen molar-refractivity contribution < 1.29 is 19.4 Å². The van der Waals surface area contributed by atoms with Crippen molar-refractivity contribution in [2.24, 2.45) is 11.3 Å². The van der Waals surface area contributed by atoms with E-state index >= 15 is 0 Å². The second kappa shape index (κ2) is 9.20. The Balaban J connectivity index is 1.96. The van der Waals surface area contributed by atoms with Crippen LogP contribution >= 0.6 is 0 Å². The van der Waals surface area contributed by atoms with Crippen LogP contribution in [0.3, 0.4) is 0 Å². The van der Waals surface area contributed by atoms with Gasteiger partial charge in [0.25, 0.3) is 5.91 Å². The summed E-state index contributed by atoms with van der Waals surface area (Å²) >= 11 is 0. The van der Waals surface area contributed by atoms with Gasteiger partial charge in [-0.05, 0) is 23.5 Å².